The molecule has 2 aliphatic rings. The molecule has 1 atom stereocenters. The average Bonchev–Trinajstić information content (AvgIpc) is 3.53. The molecule has 1 aliphatic heterocycles. The third-order valence-electron chi connectivity index (χ3n) is 4.62. The topological polar surface area (TPSA) is 98.2 Å². The number of ether oxygens (including phenoxy) is 2. The van der Waals surface area contributed by atoms with Crippen molar-refractivity contribution in [3.05, 3.63) is 18.1 Å². The highest BCUT2D eigenvalue weighted by atomic mass is 16.5. The molecule has 9 heteroatoms. The van der Waals surface area contributed by atoms with Crippen LogP contribution in [0.4, 0.5) is 11.8 Å². The number of methoxy groups -OCH3 is 2. The molecule has 0 amide bonds. The molecule has 1 aliphatic carbocycles. The van der Waals surface area contributed by atoms with Gasteiger partial charge < -0.3 is 19.7 Å². The maximum atomic E-state index is 5.15. The zero-order chi connectivity index (χ0) is 17.9. The molecule has 2 aromatic heterocycles. The SMILES string of the molecule is COc1nc(OC)nc(N2CCCC(Nc3ccnc(C4CC4)n3)C2)n1. The van der Waals surface area contributed by atoms with E-state index < -0.39 is 0 Å². The van der Waals surface area contributed by atoms with Crippen LogP contribution in [0.25, 0.3) is 0 Å². The van der Waals surface area contributed by atoms with Gasteiger partial charge in [-0.2, -0.15) is 9.97 Å². The fourth-order valence-electron chi connectivity index (χ4n) is 3.13. The van der Waals surface area contributed by atoms with E-state index in [9.17, 15) is 0 Å². The summed E-state index contributed by atoms with van der Waals surface area (Å²) in [7, 11) is 3.07. The minimum absolute atomic E-state index is 0.256. The second kappa shape index (κ2) is 7.27. The number of hydrogen-bond donors (Lipinski definition) is 1. The molecule has 2 fully saturated rings. The summed E-state index contributed by atoms with van der Waals surface area (Å²) in [5.74, 6) is 2.96. The van der Waals surface area contributed by atoms with Crippen molar-refractivity contribution in [2.75, 3.05) is 37.5 Å². The van der Waals surface area contributed by atoms with Crippen LogP contribution in [-0.4, -0.2) is 58.3 Å². The van der Waals surface area contributed by atoms with Crippen LogP contribution < -0.4 is 19.7 Å². The van der Waals surface area contributed by atoms with Crippen molar-refractivity contribution in [1.82, 2.24) is 24.9 Å². The van der Waals surface area contributed by atoms with E-state index in [4.69, 9.17) is 9.47 Å². The van der Waals surface area contributed by atoms with E-state index in [0.29, 0.717) is 11.9 Å². The van der Waals surface area contributed by atoms with Gasteiger partial charge in [0.2, 0.25) is 5.95 Å². The van der Waals surface area contributed by atoms with Crippen LogP contribution >= 0.6 is 0 Å². The quantitative estimate of drug-likeness (QED) is 0.827. The number of piperidine rings is 1. The predicted octanol–water partition coefficient (Wildman–Crippen LogP) is 1.64. The summed E-state index contributed by atoms with van der Waals surface area (Å²) in [5.41, 5.74) is 0. The molecule has 3 heterocycles. The van der Waals surface area contributed by atoms with Crippen molar-refractivity contribution in [3.8, 4) is 12.0 Å². The fraction of sp³-hybridized carbons (Fsp3) is 0.588. The van der Waals surface area contributed by atoms with E-state index in [1.54, 1.807) is 0 Å². The summed E-state index contributed by atoms with van der Waals surface area (Å²) >= 11 is 0. The lowest BCUT2D eigenvalue weighted by Crippen LogP contribution is -2.43. The number of rotatable bonds is 6. The van der Waals surface area contributed by atoms with Crippen molar-refractivity contribution >= 4 is 11.8 Å². The molecule has 0 aromatic carbocycles. The Morgan fingerprint density at radius 1 is 1.04 bits per heavy atom. The van der Waals surface area contributed by atoms with Gasteiger partial charge in [-0.3, -0.25) is 0 Å². The number of anilines is 2. The number of nitrogens with zero attached hydrogens (tertiary/aromatic N) is 6. The van der Waals surface area contributed by atoms with Gasteiger partial charge in [-0.15, -0.1) is 4.98 Å². The Labute approximate surface area is 152 Å². The molecule has 0 spiro atoms. The molecule has 26 heavy (non-hydrogen) atoms. The number of aromatic nitrogens is 5. The summed E-state index contributed by atoms with van der Waals surface area (Å²) in [5, 5.41) is 3.53. The van der Waals surface area contributed by atoms with Crippen molar-refractivity contribution in [1.29, 1.82) is 0 Å². The summed E-state index contributed by atoms with van der Waals surface area (Å²) in [6, 6.07) is 2.71. The highest BCUT2D eigenvalue weighted by molar-refractivity contribution is 5.39. The van der Waals surface area contributed by atoms with E-state index in [-0.39, 0.29) is 18.1 Å². The fourth-order valence-corrected chi connectivity index (χ4v) is 3.13. The van der Waals surface area contributed by atoms with Crippen LogP contribution in [0.15, 0.2) is 12.3 Å². The van der Waals surface area contributed by atoms with E-state index in [1.165, 1.54) is 27.1 Å². The standard InChI is InChI=1S/C17H23N7O2/c1-25-16-21-15(22-17(23-16)26-2)24-9-3-4-12(10-24)19-13-7-8-18-14(20-13)11-5-6-11/h7-8,11-12H,3-6,9-10H2,1-2H3,(H,18,19,20). The largest absolute Gasteiger partial charge is 0.467 e. The Morgan fingerprint density at radius 3 is 2.50 bits per heavy atom. The summed E-state index contributed by atoms with van der Waals surface area (Å²) in [4.78, 5) is 23.9. The van der Waals surface area contributed by atoms with Crippen molar-refractivity contribution < 1.29 is 9.47 Å². The van der Waals surface area contributed by atoms with Crippen LogP contribution in [0.1, 0.15) is 37.4 Å². The molecular formula is C17H23N7O2. The van der Waals surface area contributed by atoms with Gasteiger partial charge in [0.15, 0.2) is 0 Å². The summed E-state index contributed by atoms with van der Waals surface area (Å²) in [6.07, 6.45) is 6.34. The molecule has 0 radical (unpaired) electrons. The predicted molar refractivity (Wildman–Crippen MR) is 95.8 cm³/mol. The lowest BCUT2D eigenvalue weighted by Gasteiger charge is -2.33. The lowest BCUT2D eigenvalue weighted by atomic mass is 10.1. The molecule has 1 N–H and O–H groups in total. The van der Waals surface area contributed by atoms with Crippen molar-refractivity contribution in [2.24, 2.45) is 0 Å². The van der Waals surface area contributed by atoms with E-state index in [1.807, 2.05) is 12.3 Å². The van der Waals surface area contributed by atoms with E-state index in [0.717, 1.165) is 37.6 Å². The first-order valence-electron chi connectivity index (χ1n) is 8.93. The third kappa shape index (κ3) is 3.76. The second-order valence-electron chi connectivity index (χ2n) is 6.61. The van der Waals surface area contributed by atoms with Crippen LogP contribution in [-0.2, 0) is 0 Å². The third-order valence-corrected chi connectivity index (χ3v) is 4.62. The first-order valence-corrected chi connectivity index (χ1v) is 8.93. The van der Waals surface area contributed by atoms with Crippen LogP contribution in [0, 0.1) is 0 Å². The maximum Gasteiger partial charge on any atom is 0.324 e. The summed E-state index contributed by atoms with van der Waals surface area (Å²) in [6.45, 7) is 1.66. The zero-order valence-electron chi connectivity index (χ0n) is 15.1. The zero-order valence-corrected chi connectivity index (χ0v) is 15.1. The van der Waals surface area contributed by atoms with E-state index >= 15 is 0 Å². The average molecular weight is 357 g/mol. The number of hydrogen-bond acceptors (Lipinski definition) is 9. The first-order chi connectivity index (χ1) is 12.7. The minimum Gasteiger partial charge on any atom is -0.467 e. The van der Waals surface area contributed by atoms with Crippen LogP contribution in [0.5, 0.6) is 12.0 Å². The molecule has 138 valence electrons. The Bertz CT molecular complexity index is 746. The molecule has 1 unspecified atom stereocenters. The molecular weight excluding hydrogens is 334 g/mol. The van der Waals surface area contributed by atoms with Crippen LogP contribution in [0.2, 0.25) is 0 Å². The van der Waals surface area contributed by atoms with Gasteiger partial charge in [0, 0.05) is 31.2 Å². The minimum atomic E-state index is 0.256. The molecule has 9 nitrogen and oxygen atoms in total. The lowest BCUT2D eigenvalue weighted by molar-refractivity contribution is 0.339. The normalized spacial score (nSPS) is 19.9. The Kier molecular flexibility index (Phi) is 4.68. The highest BCUT2D eigenvalue weighted by Gasteiger charge is 2.27. The van der Waals surface area contributed by atoms with Crippen molar-refractivity contribution in [3.63, 3.8) is 0 Å². The summed E-state index contributed by atoms with van der Waals surface area (Å²) < 4.78 is 10.3. The number of nitrogens with one attached hydrogen (secondary N) is 1. The Morgan fingerprint density at radius 2 is 1.81 bits per heavy atom. The van der Waals surface area contributed by atoms with Gasteiger partial charge in [-0.1, -0.05) is 0 Å². The Hall–Kier alpha value is -2.71. The first kappa shape index (κ1) is 16.7. The highest BCUT2D eigenvalue weighted by Crippen LogP contribution is 2.38. The maximum absolute atomic E-state index is 5.15. The van der Waals surface area contributed by atoms with Crippen LogP contribution in [0.3, 0.4) is 0 Å². The molecule has 2 aromatic rings. The molecule has 1 saturated heterocycles. The van der Waals surface area contributed by atoms with E-state index in [2.05, 4.69) is 35.1 Å². The van der Waals surface area contributed by atoms with Gasteiger partial charge in [0.05, 0.1) is 14.2 Å². The van der Waals surface area contributed by atoms with Gasteiger partial charge in [0.1, 0.15) is 11.6 Å². The van der Waals surface area contributed by atoms with Gasteiger partial charge >= 0.3 is 12.0 Å². The Balaban J connectivity index is 1.46. The smallest absolute Gasteiger partial charge is 0.324 e. The van der Waals surface area contributed by atoms with Gasteiger partial charge in [-0.25, -0.2) is 9.97 Å². The van der Waals surface area contributed by atoms with Gasteiger partial charge in [-0.05, 0) is 31.7 Å². The molecule has 1 saturated carbocycles. The molecule has 0 bridgehead atoms. The monoisotopic (exact) mass is 357 g/mol. The van der Waals surface area contributed by atoms with Gasteiger partial charge in [0.25, 0.3) is 0 Å². The second-order valence-corrected chi connectivity index (χ2v) is 6.61. The molecule has 4 rings (SSSR count). The van der Waals surface area contributed by atoms with Crippen molar-refractivity contribution in [2.45, 2.75) is 37.6 Å².